The first kappa shape index (κ1) is 17.7. The van der Waals surface area contributed by atoms with Crippen LogP contribution in [0.2, 0.25) is 0 Å². The first-order chi connectivity index (χ1) is 12.5. The van der Waals surface area contributed by atoms with E-state index in [-0.39, 0.29) is 29.4 Å². The zero-order chi connectivity index (χ0) is 18.7. The summed E-state index contributed by atoms with van der Waals surface area (Å²) in [4.78, 5) is 29.3. The molecule has 1 aromatic carbocycles. The van der Waals surface area contributed by atoms with Gasteiger partial charge in [0.05, 0.1) is 5.52 Å². The number of hydrogen-bond acceptors (Lipinski definition) is 3. The van der Waals surface area contributed by atoms with Crippen LogP contribution in [0.4, 0.5) is 0 Å². The Hall–Kier alpha value is -3.15. The SMILES string of the molecule is Cc1ccc(CNC(=O)c2nc(C(=O)NC(C)C)c3ccccn23)cc1. The highest BCUT2D eigenvalue weighted by molar-refractivity contribution is 6.02. The summed E-state index contributed by atoms with van der Waals surface area (Å²) in [5.41, 5.74) is 3.02. The van der Waals surface area contributed by atoms with Crippen molar-refractivity contribution < 1.29 is 9.59 Å². The van der Waals surface area contributed by atoms with Gasteiger partial charge in [-0.15, -0.1) is 0 Å². The molecule has 6 heteroatoms. The summed E-state index contributed by atoms with van der Waals surface area (Å²) in [7, 11) is 0. The van der Waals surface area contributed by atoms with Crippen molar-refractivity contribution in [1.29, 1.82) is 0 Å². The van der Waals surface area contributed by atoms with E-state index in [1.165, 1.54) is 5.56 Å². The Morgan fingerprint density at radius 1 is 1.08 bits per heavy atom. The van der Waals surface area contributed by atoms with E-state index in [2.05, 4.69) is 15.6 Å². The largest absolute Gasteiger partial charge is 0.348 e. The van der Waals surface area contributed by atoms with Gasteiger partial charge in [0.2, 0.25) is 5.82 Å². The number of nitrogens with zero attached hydrogens (tertiary/aromatic N) is 2. The van der Waals surface area contributed by atoms with Crippen LogP contribution in [-0.2, 0) is 6.54 Å². The van der Waals surface area contributed by atoms with E-state index >= 15 is 0 Å². The first-order valence-corrected chi connectivity index (χ1v) is 8.57. The van der Waals surface area contributed by atoms with Gasteiger partial charge in [0.15, 0.2) is 5.69 Å². The number of aromatic nitrogens is 2. The molecule has 2 heterocycles. The molecule has 2 aromatic heterocycles. The Morgan fingerprint density at radius 3 is 2.50 bits per heavy atom. The van der Waals surface area contributed by atoms with Crippen LogP contribution in [0, 0.1) is 6.92 Å². The van der Waals surface area contributed by atoms with Gasteiger partial charge in [-0.2, -0.15) is 0 Å². The molecular formula is C20H22N4O2. The fourth-order valence-electron chi connectivity index (χ4n) is 2.66. The quantitative estimate of drug-likeness (QED) is 0.743. The molecule has 0 unspecified atom stereocenters. The maximum Gasteiger partial charge on any atom is 0.287 e. The van der Waals surface area contributed by atoms with Crippen molar-refractivity contribution in [2.75, 3.05) is 0 Å². The summed E-state index contributed by atoms with van der Waals surface area (Å²) in [6.07, 6.45) is 1.73. The average molecular weight is 350 g/mol. The standard InChI is InChI=1S/C20H22N4O2/c1-13(2)22-19(25)17-16-6-4-5-11-24(16)18(23-17)20(26)21-12-15-9-7-14(3)8-10-15/h4-11,13H,12H2,1-3H3,(H,21,26)(H,22,25). The monoisotopic (exact) mass is 350 g/mol. The predicted molar refractivity (Wildman–Crippen MR) is 100 cm³/mol. The Morgan fingerprint density at radius 2 is 1.81 bits per heavy atom. The lowest BCUT2D eigenvalue weighted by molar-refractivity contribution is 0.0939. The van der Waals surface area contributed by atoms with Crippen LogP contribution in [0.1, 0.15) is 46.1 Å². The molecule has 0 atom stereocenters. The highest BCUT2D eigenvalue weighted by Crippen LogP contribution is 2.14. The molecule has 0 aliphatic rings. The number of carbonyl (C=O) groups is 2. The maximum atomic E-state index is 12.6. The lowest BCUT2D eigenvalue weighted by atomic mass is 10.1. The van der Waals surface area contributed by atoms with Crippen molar-refractivity contribution in [1.82, 2.24) is 20.0 Å². The zero-order valence-electron chi connectivity index (χ0n) is 15.1. The molecule has 6 nitrogen and oxygen atoms in total. The van der Waals surface area contributed by atoms with Crippen LogP contribution in [0.3, 0.4) is 0 Å². The van der Waals surface area contributed by atoms with Crippen molar-refractivity contribution in [3.8, 4) is 0 Å². The van der Waals surface area contributed by atoms with E-state index in [9.17, 15) is 9.59 Å². The minimum atomic E-state index is -0.324. The summed E-state index contributed by atoms with van der Waals surface area (Å²) in [5.74, 6) is -0.418. The number of amides is 2. The number of hydrogen-bond donors (Lipinski definition) is 2. The number of carbonyl (C=O) groups excluding carboxylic acids is 2. The van der Waals surface area contributed by atoms with Gasteiger partial charge in [-0.1, -0.05) is 35.9 Å². The number of fused-ring (bicyclic) bond motifs is 1. The summed E-state index contributed by atoms with van der Waals surface area (Å²) in [6, 6.07) is 13.3. The van der Waals surface area contributed by atoms with Gasteiger partial charge in [-0.05, 0) is 38.5 Å². The average Bonchev–Trinajstić information content (AvgIpc) is 3.00. The lowest BCUT2D eigenvalue weighted by Crippen LogP contribution is -2.30. The molecule has 2 N–H and O–H groups in total. The minimum Gasteiger partial charge on any atom is -0.348 e. The highest BCUT2D eigenvalue weighted by Gasteiger charge is 2.21. The Kier molecular flexibility index (Phi) is 5.02. The number of nitrogens with one attached hydrogen (secondary N) is 2. The van der Waals surface area contributed by atoms with E-state index in [1.54, 1.807) is 22.7 Å². The Balaban J connectivity index is 1.85. The molecule has 0 saturated carbocycles. The fourth-order valence-corrected chi connectivity index (χ4v) is 2.66. The van der Waals surface area contributed by atoms with Gasteiger partial charge in [-0.25, -0.2) is 4.98 Å². The third kappa shape index (κ3) is 3.74. The summed E-state index contributed by atoms with van der Waals surface area (Å²) < 4.78 is 1.64. The van der Waals surface area contributed by atoms with Crippen molar-refractivity contribution in [3.05, 3.63) is 71.3 Å². The lowest BCUT2D eigenvalue weighted by Gasteiger charge is -2.06. The van der Waals surface area contributed by atoms with Crippen molar-refractivity contribution in [2.24, 2.45) is 0 Å². The van der Waals surface area contributed by atoms with E-state index in [0.29, 0.717) is 12.1 Å². The molecule has 2 amide bonds. The van der Waals surface area contributed by atoms with Crippen LogP contribution in [0.15, 0.2) is 48.7 Å². The van der Waals surface area contributed by atoms with Crippen LogP contribution in [-0.4, -0.2) is 27.2 Å². The molecule has 0 aliphatic carbocycles. The smallest absolute Gasteiger partial charge is 0.287 e. The van der Waals surface area contributed by atoms with E-state index in [0.717, 1.165) is 5.56 Å². The molecule has 0 bridgehead atoms. The fraction of sp³-hybridized carbons (Fsp3) is 0.250. The van der Waals surface area contributed by atoms with E-state index in [1.807, 2.05) is 51.1 Å². The third-order valence-corrected chi connectivity index (χ3v) is 3.96. The Bertz CT molecular complexity index is 942. The second-order valence-electron chi connectivity index (χ2n) is 6.54. The van der Waals surface area contributed by atoms with E-state index in [4.69, 9.17) is 0 Å². The number of benzene rings is 1. The highest BCUT2D eigenvalue weighted by atomic mass is 16.2. The Labute approximate surface area is 152 Å². The van der Waals surface area contributed by atoms with Gasteiger partial charge in [-0.3, -0.25) is 14.0 Å². The maximum absolute atomic E-state index is 12.6. The third-order valence-electron chi connectivity index (χ3n) is 3.96. The molecule has 3 rings (SSSR count). The molecule has 0 spiro atoms. The molecule has 0 aliphatic heterocycles. The summed E-state index contributed by atoms with van der Waals surface area (Å²) in [5, 5.41) is 5.69. The van der Waals surface area contributed by atoms with Crippen molar-refractivity contribution >= 4 is 17.3 Å². The minimum absolute atomic E-state index is 0.0122. The normalized spacial score (nSPS) is 10.9. The zero-order valence-corrected chi connectivity index (χ0v) is 15.1. The van der Waals surface area contributed by atoms with Crippen LogP contribution in [0.25, 0.3) is 5.52 Å². The first-order valence-electron chi connectivity index (χ1n) is 8.57. The van der Waals surface area contributed by atoms with Crippen LogP contribution in [0.5, 0.6) is 0 Å². The van der Waals surface area contributed by atoms with Crippen molar-refractivity contribution in [2.45, 2.75) is 33.4 Å². The molecule has 134 valence electrons. The van der Waals surface area contributed by atoms with Crippen LogP contribution >= 0.6 is 0 Å². The second-order valence-corrected chi connectivity index (χ2v) is 6.54. The van der Waals surface area contributed by atoms with E-state index < -0.39 is 0 Å². The molecule has 0 radical (unpaired) electrons. The molecular weight excluding hydrogens is 328 g/mol. The topological polar surface area (TPSA) is 75.5 Å². The molecule has 0 saturated heterocycles. The summed E-state index contributed by atoms with van der Waals surface area (Å²) >= 11 is 0. The molecule has 26 heavy (non-hydrogen) atoms. The summed E-state index contributed by atoms with van der Waals surface area (Å²) in [6.45, 7) is 6.17. The number of aryl methyl sites for hydroxylation is 1. The number of imidazole rings is 1. The molecule has 3 aromatic rings. The van der Waals surface area contributed by atoms with Gasteiger partial charge >= 0.3 is 0 Å². The van der Waals surface area contributed by atoms with Crippen molar-refractivity contribution in [3.63, 3.8) is 0 Å². The predicted octanol–water partition coefficient (Wildman–Crippen LogP) is 2.71. The van der Waals surface area contributed by atoms with Gasteiger partial charge in [0.25, 0.3) is 11.8 Å². The number of rotatable bonds is 5. The second kappa shape index (κ2) is 7.39. The van der Waals surface area contributed by atoms with Gasteiger partial charge in [0, 0.05) is 18.8 Å². The van der Waals surface area contributed by atoms with Crippen LogP contribution < -0.4 is 10.6 Å². The van der Waals surface area contributed by atoms with Gasteiger partial charge < -0.3 is 10.6 Å². The number of pyridine rings is 1. The molecule has 0 fully saturated rings. The van der Waals surface area contributed by atoms with Gasteiger partial charge in [0.1, 0.15) is 0 Å².